The monoisotopic (exact) mass is 508 g/mol. The number of carbonyl (C=O) groups is 1. The summed E-state index contributed by atoms with van der Waals surface area (Å²) in [6, 6.07) is 2.27. The fraction of sp³-hybridized carbons (Fsp3) is 0.409. The van der Waals surface area contributed by atoms with Crippen LogP contribution in [-0.4, -0.2) is 49.1 Å². The number of hydrogen-bond donors (Lipinski definition) is 2. The van der Waals surface area contributed by atoms with E-state index in [9.17, 15) is 26.7 Å². The first kappa shape index (κ1) is 23.9. The Bertz CT molecular complexity index is 1310. The molecule has 1 amide bonds. The van der Waals surface area contributed by atoms with E-state index in [2.05, 4.69) is 30.7 Å². The number of fused-ring (bicyclic) bond motifs is 1. The zero-order chi connectivity index (χ0) is 25.9. The summed E-state index contributed by atoms with van der Waals surface area (Å²) in [6.45, 7) is 2.20. The number of nitrogens with one attached hydrogen (secondary N) is 2. The van der Waals surface area contributed by atoms with E-state index >= 15 is 0 Å². The zero-order valence-electron chi connectivity index (χ0n) is 19.2. The van der Waals surface area contributed by atoms with Gasteiger partial charge in [-0.25, -0.2) is 13.8 Å². The second kappa shape index (κ2) is 8.10. The number of pyridine rings is 1. The topological polar surface area (TPSA) is 101 Å². The molecule has 1 spiro atoms. The highest BCUT2D eigenvalue weighted by molar-refractivity contribution is 6.07. The first-order chi connectivity index (χ1) is 16.9. The van der Waals surface area contributed by atoms with Crippen molar-refractivity contribution in [3.05, 3.63) is 53.2 Å². The Kier molecular flexibility index (Phi) is 5.37. The molecule has 2 aliphatic rings. The second-order valence-corrected chi connectivity index (χ2v) is 9.03. The van der Waals surface area contributed by atoms with Gasteiger partial charge in [-0.15, -0.1) is 0 Å². The van der Waals surface area contributed by atoms with E-state index in [0.29, 0.717) is 22.8 Å². The predicted octanol–water partition coefficient (Wildman–Crippen LogP) is 3.61. The summed E-state index contributed by atoms with van der Waals surface area (Å²) < 4.78 is 66.9. The number of carbonyl (C=O) groups excluding carboxylic acids is 1. The Labute approximate surface area is 201 Å². The lowest BCUT2D eigenvalue weighted by molar-refractivity contribution is -0.152. The highest BCUT2D eigenvalue weighted by Gasteiger charge is 2.65. The molecule has 1 saturated carbocycles. The van der Waals surface area contributed by atoms with Gasteiger partial charge in [0.2, 0.25) is 5.95 Å². The minimum Gasteiger partial charge on any atom is -0.350 e. The van der Waals surface area contributed by atoms with E-state index in [1.54, 1.807) is 31.0 Å². The molecule has 0 aromatic carbocycles. The van der Waals surface area contributed by atoms with E-state index in [4.69, 9.17) is 0 Å². The van der Waals surface area contributed by atoms with Crippen LogP contribution in [0.25, 0.3) is 0 Å². The number of nitrogens with zero attached hydrogens (tertiary/aromatic N) is 6. The van der Waals surface area contributed by atoms with Crippen LogP contribution >= 0.6 is 0 Å². The summed E-state index contributed by atoms with van der Waals surface area (Å²) in [5, 5.41) is 9.96. The van der Waals surface area contributed by atoms with Crippen LogP contribution in [0.3, 0.4) is 0 Å². The van der Waals surface area contributed by atoms with Crippen LogP contribution in [0.5, 0.6) is 0 Å². The zero-order valence-corrected chi connectivity index (χ0v) is 19.2. The second-order valence-electron chi connectivity index (χ2n) is 9.03. The standard InChI is InChI=1S/C22H21F5N8O/c1-12-16-17(34(2)20(18(36)32-16)10-21(23,24)11-20)33-19(31-12)29-6-14-7-30-35(9-14)8-13-3-4-15(28-5-13)22(25,26)27/h3-5,7,9H,6,8,10-11H2,1-2H3,(H,32,36)(H,29,31,33). The highest BCUT2D eigenvalue weighted by Crippen LogP contribution is 2.53. The molecule has 1 aliphatic carbocycles. The Morgan fingerprint density at radius 1 is 1.14 bits per heavy atom. The van der Waals surface area contributed by atoms with E-state index in [1.165, 1.54) is 11.0 Å². The van der Waals surface area contributed by atoms with Gasteiger partial charge in [-0.1, -0.05) is 6.07 Å². The number of rotatable bonds is 5. The van der Waals surface area contributed by atoms with Crippen LogP contribution < -0.4 is 15.5 Å². The van der Waals surface area contributed by atoms with E-state index in [1.807, 2.05) is 0 Å². The summed E-state index contributed by atoms with van der Waals surface area (Å²) in [6.07, 6.45) is -1.19. The number of aromatic nitrogens is 5. The lowest BCUT2D eigenvalue weighted by atomic mass is 9.70. The van der Waals surface area contributed by atoms with E-state index in [-0.39, 0.29) is 19.0 Å². The molecule has 0 atom stereocenters. The van der Waals surface area contributed by atoms with Crippen LogP contribution in [0.15, 0.2) is 30.7 Å². The van der Waals surface area contributed by atoms with Gasteiger partial charge in [0.15, 0.2) is 5.82 Å². The van der Waals surface area contributed by atoms with Crippen molar-refractivity contribution < 1.29 is 26.7 Å². The average molecular weight is 508 g/mol. The molecule has 4 heterocycles. The van der Waals surface area contributed by atoms with Gasteiger partial charge in [-0.2, -0.15) is 23.3 Å². The number of anilines is 3. The molecule has 3 aromatic heterocycles. The summed E-state index contributed by atoms with van der Waals surface area (Å²) in [5.74, 6) is -2.80. The molecular formula is C22H21F5N8O. The SMILES string of the molecule is Cc1nc(NCc2cnn(Cc3ccc(C(F)(F)F)nc3)c2)nc2c1NC(=O)C1(CC(F)(F)C1)N2C. The van der Waals surface area contributed by atoms with Crippen molar-refractivity contribution in [1.82, 2.24) is 24.7 Å². The summed E-state index contributed by atoms with van der Waals surface area (Å²) >= 11 is 0. The number of alkyl halides is 5. The minimum absolute atomic E-state index is 0.233. The van der Waals surface area contributed by atoms with Gasteiger partial charge < -0.3 is 15.5 Å². The highest BCUT2D eigenvalue weighted by atomic mass is 19.4. The largest absolute Gasteiger partial charge is 0.433 e. The number of halogens is 5. The Morgan fingerprint density at radius 2 is 1.89 bits per heavy atom. The van der Waals surface area contributed by atoms with E-state index < -0.39 is 42.1 Å². The first-order valence-corrected chi connectivity index (χ1v) is 11.0. The molecule has 0 bridgehead atoms. The molecule has 0 unspecified atom stereocenters. The molecule has 2 N–H and O–H groups in total. The lowest BCUT2D eigenvalue weighted by Gasteiger charge is -2.53. The molecular weight excluding hydrogens is 487 g/mol. The van der Waals surface area contributed by atoms with Crippen LogP contribution in [0.2, 0.25) is 0 Å². The number of aryl methyl sites for hydroxylation is 1. The van der Waals surface area contributed by atoms with Gasteiger partial charge in [-0.3, -0.25) is 14.5 Å². The Balaban J connectivity index is 1.27. The van der Waals surface area contributed by atoms with Crippen molar-refractivity contribution in [2.24, 2.45) is 0 Å². The summed E-state index contributed by atoms with van der Waals surface area (Å²) in [7, 11) is 1.57. The third-order valence-corrected chi connectivity index (χ3v) is 6.39. The molecule has 36 heavy (non-hydrogen) atoms. The van der Waals surface area contributed by atoms with Crippen molar-refractivity contribution >= 4 is 23.4 Å². The molecule has 0 radical (unpaired) electrons. The lowest BCUT2D eigenvalue weighted by Crippen LogP contribution is -2.69. The fourth-order valence-electron chi connectivity index (χ4n) is 4.45. The maximum atomic E-state index is 13.7. The van der Waals surface area contributed by atoms with Gasteiger partial charge in [0, 0.05) is 44.4 Å². The smallest absolute Gasteiger partial charge is 0.350 e. The molecule has 0 saturated heterocycles. The molecule has 5 rings (SSSR count). The van der Waals surface area contributed by atoms with Crippen LogP contribution in [0.1, 0.15) is 35.4 Å². The normalized spacial score (nSPS) is 18.0. The summed E-state index contributed by atoms with van der Waals surface area (Å²) in [4.78, 5) is 26.3. The fourth-order valence-corrected chi connectivity index (χ4v) is 4.45. The van der Waals surface area contributed by atoms with Gasteiger partial charge in [0.25, 0.3) is 11.8 Å². The average Bonchev–Trinajstić information content (AvgIpc) is 3.22. The number of amides is 1. The van der Waals surface area contributed by atoms with Crippen molar-refractivity contribution in [3.63, 3.8) is 0 Å². The van der Waals surface area contributed by atoms with Crippen LogP contribution in [-0.2, 0) is 24.1 Å². The molecule has 1 fully saturated rings. The predicted molar refractivity (Wildman–Crippen MR) is 119 cm³/mol. The summed E-state index contributed by atoms with van der Waals surface area (Å²) in [5.41, 5.74) is -0.131. The minimum atomic E-state index is -4.50. The van der Waals surface area contributed by atoms with Crippen LogP contribution in [0, 0.1) is 6.92 Å². The van der Waals surface area contributed by atoms with E-state index in [0.717, 1.165) is 17.8 Å². The Morgan fingerprint density at radius 3 is 2.53 bits per heavy atom. The number of hydrogen-bond acceptors (Lipinski definition) is 7. The van der Waals surface area contributed by atoms with Crippen molar-refractivity contribution in [2.75, 3.05) is 22.6 Å². The Hall–Kier alpha value is -3.84. The van der Waals surface area contributed by atoms with Crippen molar-refractivity contribution in [1.29, 1.82) is 0 Å². The van der Waals surface area contributed by atoms with Crippen molar-refractivity contribution in [3.8, 4) is 0 Å². The number of likely N-dealkylation sites (N-methyl/N-ethyl adjacent to an activating group) is 1. The molecule has 190 valence electrons. The molecule has 14 heteroatoms. The van der Waals surface area contributed by atoms with Gasteiger partial charge >= 0.3 is 6.18 Å². The third-order valence-electron chi connectivity index (χ3n) is 6.39. The molecule has 1 aliphatic heterocycles. The van der Waals surface area contributed by atoms with Gasteiger partial charge in [0.1, 0.15) is 16.9 Å². The first-order valence-electron chi connectivity index (χ1n) is 11.0. The van der Waals surface area contributed by atoms with Crippen LogP contribution in [0.4, 0.5) is 39.4 Å². The maximum Gasteiger partial charge on any atom is 0.433 e. The molecule has 3 aromatic rings. The van der Waals surface area contributed by atoms with Gasteiger partial charge in [-0.05, 0) is 18.6 Å². The van der Waals surface area contributed by atoms with Crippen molar-refractivity contribution in [2.45, 2.75) is 50.5 Å². The third kappa shape index (κ3) is 4.20. The molecule has 9 nitrogen and oxygen atoms in total. The maximum absolute atomic E-state index is 13.7. The quantitative estimate of drug-likeness (QED) is 0.508. The van der Waals surface area contributed by atoms with Gasteiger partial charge in [0.05, 0.1) is 18.4 Å².